The fourth-order valence-electron chi connectivity index (χ4n) is 2.86. The minimum atomic E-state index is -0.954. The third-order valence-electron chi connectivity index (χ3n) is 4.14. The first-order valence-electron chi connectivity index (χ1n) is 7.35. The van der Waals surface area contributed by atoms with E-state index < -0.39 is 11.6 Å². The number of halogens is 2. The number of nitrogens with zero attached hydrogens (tertiary/aromatic N) is 2. The van der Waals surface area contributed by atoms with Gasteiger partial charge in [0, 0.05) is 12.6 Å². The van der Waals surface area contributed by atoms with E-state index in [0.29, 0.717) is 18.0 Å². The summed E-state index contributed by atoms with van der Waals surface area (Å²) >= 11 is 0. The standard InChI is InChI=1S/C16H18F2N2O2/c1-10-14(8-20-7-3-4-11(20)9-21)19-16(22-10)12-5-2-6-13(17)15(12)18/h2,5-6,11,21H,3-4,7-9H2,1H3/t11-/m0/s1. The van der Waals surface area contributed by atoms with Crippen molar-refractivity contribution in [2.24, 2.45) is 0 Å². The molecule has 0 radical (unpaired) electrons. The van der Waals surface area contributed by atoms with Crippen LogP contribution in [0.5, 0.6) is 0 Å². The molecule has 1 N–H and O–H groups in total. The van der Waals surface area contributed by atoms with Gasteiger partial charge in [-0.25, -0.2) is 13.8 Å². The second-order valence-electron chi connectivity index (χ2n) is 5.57. The van der Waals surface area contributed by atoms with Crippen molar-refractivity contribution in [3.63, 3.8) is 0 Å². The van der Waals surface area contributed by atoms with E-state index >= 15 is 0 Å². The SMILES string of the molecule is Cc1oc(-c2cccc(F)c2F)nc1CN1CCC[C@H]1CO. The van der Waals surface area contributed by atoms with Crippen LogP contribution in [0.1, 0.15) is 24.3 Å². The molecule has 2 heterocycles. The Hall–Kier alpha value is -1.79. The molecule has 1 aliphatic rings. The highest BCUT2D eigenvalue weighted by molar-refractivity contribution is 5.54. The van der Waals surface area contributed by atoms with Gasteiger partial charge >= 0.3 is 0 Å². The zero-order valence-electron chi connectivity index (χ0n) is 12.4. The van der Waals surface area contributed by atoms with E-state index in [-0.39, 0.29) is 24.1 Å². The molecule has 22 heavy (non-hydrogen) atoms. The van der Waals surface area contributed by atoms with Crippen molar-refractivity contribution >= 4 is 0 Å². The van der Waals surface area contributed by atoms with Crippen molar-refractivity contribution in [3.8, 4) is 11.5 Å². The van der Waals surface area contributed by atoms with E-state index in [1.165, 1.54) is 12.1 Å². The molecule has 0 unspecified atom stereocenters. The van der Waals surface area contributed by atoms with E-state index in [2.05, 4.69) is 9.88 Å². The molecule has 1 fully saturated rings. The molecule has 1 atom stereocenters. The van der Waals surface area contributed by atoms with Crippen LogP contribution in [0.15, 0.2) is 22.6 Å². The summed E-state index contributed by atoms with van der Waals surface area (Å²) in [5.74, 6) is -1.20. The Kier molecular flexibility index (Phi) is 4.22. The lowest BCUT2D eigenvalue weighted by atomic mass is 10.2. The molecule has 0 bridgehead atoms. The maximum atomic E-state index is 13.8. The summed E-state index contributed by atoms with van der Waals surface area (Å²) in [6.45, 7) is 3.30. The number of aromatic nitrogens is 1. The zero-order valence-corrected chi connectivity index (χ0v) is 12.4. The minimum Gasteiger partial charge on any atom is -0.441 e. The second-order valence-corrected chi connectivity index (χ2v) is 5.57. The topological polar surface area (TPSA) is 49.5 Å². The quantitative estimate of drug-likeness (QED) is 0.943. The van der Waals surface area contributed by atoms with Crippen molar-refractivity contribution in [1.29, 1.82) is 0 Å². The van der Waals surface area contributed by atoms with Crippen molar-refractivity contribution in [3.05, 3.63) is 41.3 Å². The molecule has 118 valence electrons. The number of oxazole rings is 1. The Morgan fingerprint density at radius 3 is 3.00 bits per heavy atom. The molecule has 3 rings (SSSR count). The number of rotatable bonds is 4. The second kappa shape index (κ2) is 6.14. The van der Waals surface area contributed by atoms with Gasteiger partial charge in [-0.1, -0.05) is 6.07 Å². The Balaban J connectivity index is 1.86. The van der Waals surface area contributed by atoms with Crippen LogP contribution in [-0.4, -0.2) is 34.2 Å². The summed E-state index contributed by atoms with van der Waals surface area (Å²) in [4.78, 5) is 6.45. The van der Waals surface area contributed by atoms with Crippen LogP contribution in [0.2, 0.25) is 0 Å². The number of aryl methyl sites for hydroxylation is 1. The van der Waals surface area contributed by atoms with Gasteiger partial charge in [-0.05, 0) is 38.4 Å². The normalized spacial score (nSPS) is 19.0. The third-order valence-corrected chi connectivity index (χ3v) is 4.14. The molecule has 2 aromatic rings. The van der Waals surface area contributed by atoms with Crippen LogP contribution in [0.3, 0.4) is 0 Å². The van der Waals surface area contributed by atoms with Crippen LogP contribution in [-0.2, 0) is 6.54 Å². The zero-order chi connectivity index (χ0) is 15.7. The van der Waals surface area contributed by atoms with Crippen LogP contribution in [0, 0.1) is 18.6 Å². The summed E-state index contributed by atoms with van der Waals surface area (Å²) in [5, 5.41) is 9.36. The van der Waals surface area contributed by atoms with Gasteiger partial charge in [0.2, 0.25) is 5.89 Å². The number of hydrogen-bond donors (Lipinski definition) is 1. The number of hydrogen-bond acceptors (Lipinski definition) is 4. The molecule has 0 aliphatic carbocycles. The maximum absolute atomic E-state index is 13.8. The molecule has 1 aromatic heterocycles. The van der Waals surface area contributed by atoms with Gasteiger partial charge < -0.3 is 9.52 Å². The van der Waals surface area contributed by atoms with Crippen LogP contribution < -0.4 is 0 Å². The predicted molar refractivity (Wildman–Crippen MR) is 77.1 cm³/mol. The lowest BCUT2D eigenvalue weighted by molar-refractivity contribution is 0.152. The first kappa shape index (κ1) is 15.1. The first-order chi connectivity index (χ1) is 10.6. The molecule has 0 saturated carbocycles. The molecule has 0 spiro atoms. The smallest absolute Gasteiger partial charge is 0.229 e. The van der Waals surface area contributed by atoms with E-state index in [0.717, 1.165) is 25.5 Å². The molecule has 1 aliphatic heterocycles. The Labute approximate surface area is 127 Å². The molecule has 1 aromatic carbocycles. The van der Waals surface area contributed by atoms with Crippen molar-refractivity contribution in [1.82, 2.24) is 9.88 Å². The van der Waals surface area contributed by atoms with Crippen molar-refractivity contribution in [2.45, 2.75) is 32.4 Å². The van der Waals surface area contributed by atoms with Gasteiger partial charge in [-0.15, -0.1) is 0 Å². The number of aliphatic hydroxyl groups is 1. The summed E-state index contributed by atoms with van der Waals surface area (Å²) in [7, 11) is 0. The number of benzene rings is 1. The number of aliphatic hydroxyl groups excluding tert-OH is 1. The third kappa shape index (κ3) is 2.76. The Bertz CT molecular complexity index is 672. The van der Waals surface area contributed by atoms with E-state index in [1.807, 2.05) is 0 Å². The molecule has 6 heteroatoms. The lowest BCUT2D eigenvalue weighted by Crippen LogP contribution is -2.31. The van der Waals surface area contributed by atoms with E-state index in [4.69, 9.17) is 4.42 Å². The van der Waals surface area contributed by atoms with Crippen LogP contribution in [0.4, 0.5) is 8.78 Å². The molecular formula is C16H18F2N2O2. The van der Waals surface area contributed by atoms with Gasteiger partial charge in [0.15, 0.2) is 11.6 Å². The fourth-order valence-corrected chi connectivity index (χ4v) is 2.86. The fraction of sp³-hybridized carbons (Fsp3) is 0.438. The highest BCUT2D eigenvalue weighted by Crippen LogP contribution is 2.27. The largest absolute Gasteiger partial charge is 0.441 e. The molecule has 1 saturated heterocycles. The van der Waals surface area contributed by atoms with Crippen molar-refractivity contribution in [2.75, 3.05) is 13.2 Å². The molecular weight excluding hydrogens is 290 g/mol. The number of likely N-dealkylation sites (tertiary alicyclic amines) is 1. The van der Waals surface area contributed by atoms with Crippen LogP contribution >= 0.6 is 0 Å². The van der Waals surface area contributed by atoms with E-state index in [9.17, 15) is 13.9 Å². The summed E-state index contributed by atoms with van der Waals surface area (Å²) in [6.07, 6.45) is 1.99. The summed E-state index contributed by atoms with van der Waals surface area (Å²) < 4.78 is 32.7. The Morgan fingerprint density at radius 1 is 1.41 bits per heavy atom. The minimum absolute atomic E-state index is 0.0227. The van der Waals surface area contributed by atoms with Crippen LogP contribution in [0.25, 0.3) is 11.5 Å². The van der Waals surface area contributed by atoms with E-state index in [1.54, 1.807) is 6.92 Å². The highest BCUT2D eigenvalue weighted by atomic mass is 19.2. The van der Waals surface area contributed by atoms with Gasteiger partial charge in [0.05, 0.1) is 17.9 Å². The molecule has 0 amide bonds. The highest BCUT2D eigenvalue weighted by Gasteiger charge is 2.26. The summed E-state index contributed by atoms with van der Waals surface area (Å²) in [6, 6.07) is 4.06. The molecule has 4 nitrogen and oxygen atoms in total. The monoisotopic (exact) mass is 308 g/mol. The van der Waals surface area contributed by atoms with Gasteiger partial charge in [0.1, 0.15) is 5.76 Å². The maximum Gasteiger partial charge on any atom is 0.229 e. The lowest BCUT2D eigenvalue weighted by Gasteiger charge is -2.21. The van der Waals surface area contributed by atoms with Gasteiger partial charge in [-0.2, -0.15) is 0 Å². The van der Waals surface area contributed by atoms with Gasteiger partial charge in [-0.3, -0.25) is 4.90 Å². The average Bonchev–Trinajstić information content (AvgIpc) is 3.09. The first-order valence-corrected chi connectivity index (χ1v) is 7.35. The Morgan fingerprint density at radius 2 is 2.23 bits per heavy atom. The van der Waals surface area contributed by atoms with Crippen molar-refractivity contribution < 1.29 is 18.3 Å². The predicted octanol–water partition coefficient (Wildman–Crippen LogP) is 2.88. The summed E-state index contributed by atoms with van der Waals surface area (Å²) in [5.41, 5.74) is 0.716. The van der Waals surface area contributed by atoms with Gasteiger partial charge in [0.25, 0.3) is 0 Å². The average molecular weight is 308 g/mol.